The fraction of sp³-hybridized carbons (Fsp3) is 0.667. The SMILES string of the molecule is C1=C[C@H]2NNC[C@H]2C1. The van der Waals surface area contributed by atoms with Crippen LogP contribution in [0, 0.1) is 5.92 Å². The molecule has 1 aliphatic heterocycles. The Morgan fingerprint density at radius 1 is 1.50 bits per heavy atom. The number of allylic oxidation sites excluding steroid dienone is 1. The normalized spacial score (nSPS) is 43.0. The summed E-state index contributed by atoms with van der Waals surface area (Å²) in [5, 5.41) is 0. The van der Waals surface area contributed by atoms with Gasteiger partial charge in [0.25, 0.3) is 0 Å². The van der Waals surface area contributed by atoms with Crippen molar-refractivity contribution in [2.75, 3.05) is 6.54 Å². The summed E-state index contributed by atoms with van der Waals surface area (Å²) in [6.07, 6.45) is 5.75. The Morgan fingerprint density at radius 2 is 2.50 bits per heavy atom. The second-order valence-electron chi connectivity index (χ2n) is 2.47. The molecule has 2 heteroatoms. The maximum atomic E-state index is 3.18. The molecular weight excluding hydrogens is 100 g/mol. The number of nitrogens with one attached hydrogen (secondary N) is 2. The Hall–Kier alpha value is -0.340. The zero-order chi connectivity index (χ0) is 5.40. The Labute approximate surface area is 48.9 Å². The predicted molar refractivity (Wildman–Crippen MR) is 32.2 cm³/mol. The first-order valence-corrected chi connectivity index (χ1v) is 3.12. The van der Waals surface area contributed by atoms with E-state index >= 15 is 0 Å². The molecule has 0 aromatic heterocycles. The van der Waals surface area contributed by atoms with Gasteiger partial charge in [-0.25, -0.2) is 0 Å². The van der Waals surface area contributed by atoms with Crippen LogP contribution < -0.4 is 10.9 Å². The lowest BCUT2D eigenvalue weighted by Gasteiger charge is -2.02. The molecule has 44 valence electrons. The molecule has 1 fully saturated rings. The first-order valence-electron chi connectivity index (χ1n) is 3.12. The fourth-order valence-corrected chi connectivity index (χ4v) is 1.39. The van der Waals surface area contributed by atoms with Crippen LogP contribution in [0.5, 0.6) is 0 Å². The molecule has 0 amide bonds. The first-order chi connectivity index (χ1) is 3.97. The third-order valence-corrected chi connectivity index (χ3v) is 1.92. The molecule has 2 rings (SSSR count). The molecule has 0 unspecified atom stereocenters. The van der Waals surface area contributed by atoms with Gasteiger partial charge in [0.05, 0.1) is 0 Å². The zero-order valence-corrected chi connectivity index (χ0v) is 4.72. The summed E-state index contributed by atoms with van der Waals surface area (Å²) in [7, 11) is 0. The predicted octanol–water partition coefficient (Wildman–Crippen LogP) is 0.0389. The first kappa shape index (κ1) is 4.53. The molecular formula is C6H10N2. The summed E-state index contributed by atoms with van der Waals surface area (Å²) < 4.78 is 0. The molecule has 0 aromatic carbocycles. The number of hydrazine groups is 1. The van der Waals surface area contributed by atoms with Crippen LogP contribution in [-0.2, 0) is 0 Å². The molecule has 0 saturated carbocycles. The summed E-state index contributed by atoms with van der Waals surface area (Å²) in [5.41, 5.74) is 6.30. The van der Waals surface area contributed by atoms with E-state index in [9.17, 15) is 0 Å². The standard InChI is InChI=1S/C6H10N2/c1-2-5-4-7-8-6(5)3-1/h1,3,5-8H,2,4H2/t5-,6-/m1/s1. The van der Waals surface area contributed by atoms with Gasteiger partial charge in [0.1, 0.15) is 0 Å². The lowest BCUT2D eigenvalue weighted by atomic mass is 10.1. The van der Waals surface area contributed by atoms with Gasteiger partial charge in [0.15, 0.2) is 0 Å². The molecule has 1 saturated heterocycles. The van der Waals surface area contributed by atoms with Gasteiger partial charge in [-0.05, 0) is 12.3 Å². The van der Waals surface area contributed by atoms with Gasteiger partial charge < -0.3 is 0 Å². The molecule has 2 nitrogen and oxygen atoms in total. The van der Waals surface area contributed by atoms with Crippen molar-refractivity contribution < 1.29 is 0 Å². The van der Waals surface area contributed by atoms with E-state index in [0.717, 1.165) is 12.5 Å². The molecule has 2 atom stereocenters. The highest BCUT2D eigenvalue weighted by Crippen LogP contribution is 2.19. The Morgan fingerprint density at radius 3 is 3.38 bits per heavy atom. The Kier molecular flexibility index (Phi) is 0.889. The average Bonchev–Trinajstić information content (AvgIpc) is 2.15. The lowest BCUT2D eigenvalue weighted by molar-refractivity contribution is 0.570. The summed E-state index contributed by atoms with van der Waals surface area (Å²) in [6, 6.07) is 0.634. The minimum atomic E-state index is 0.634. The van der Waals surface area contributed by atoms with Crippen LogP contribution in [0.15, 0.2) is 12.2 Å². The van der Waals surface area contributed by atoms with Crippen LogP contribution in [-0.4, -0.2) is 12.6 Å². The van der Waals surface area contributed by atoms with E-state index in [-0.39, 0.29) is 0 Å². The molecule has 2 aliphatic rings. The van der Waals surface area contributed by atoms with Gasteiger partial charge >= 0.3 is 0 Å². The van der Waals surface area contributed by atoms with Gasteiger partial charge in [0, 0.05) is 12.6 Å². The van der Waals surface area contributed by atoms with Crippen molar-refractivity contribution in [2.45, 2.75) is 12.5 Å². The van der Waals surface area contributed by atoms with E-state index in [1.807, 2.05) is 0 Å². The number of fused-ring (bicyclic) bond motifs is 1. The Bertz CT molecular complexity index is 120. The molecule has 0 bridgehead atoms. The van der Waals surface area contributed by atoms with Crippen LogP contribution in [0.25, 0.3) is 0 Å². The van der Waals surface area contributed by atoms with Crippen LogP contribution in [0.1, 0.15) is 6.42 Å². The highest BCUT2D eigenvalue weighted by molar-refractivity contribution is 5.07. The highest BCUT2D eigenvalue weighted by Gasteiger charge is 2.26. The average molecular weight is 110 g/mol. The quantitative estimate of drug-likeness (QED) is 0.430. The number of rotatable bonds is 0. The van der Waals surface area contributed by atoms with Crippen molar-refractivity contribution in [1.82, 2.24) is 10.9 Å². The van der Waals surface area contributed by atoms with Gasteiger partial charge in [-0.3, -0.25) is 10.9 Å². The summed E-state index contributed by atoms with van der Waals surface area (Å²) in [5.74, 6) is 0.843. The van der Waals surface area contributed by atoms with Crippen LogP contribution in [0.3, 0.4) is 0 Å². The second kappa shape index (κ2) is 1.57. The smallest absolute Gasteiger partial charge is 0.0436 e. The van der Waals surface area contributed by atoms with Crippen molar-refractivity contribution in [3.8, 4) is 0 Å². The van der Waals surface area contributed by atoms with Gasteiger partial charge in [0.2, 0.25) is 0 Å². The largest absolute Gasteiger partial charge is 0.257 e. The zero-order valence-electron chi connectivity index (χ0n) is 4.72. The number of hydrogen-bond donors (Lipinski definition) is 2. The molecule has 1 aliphatic carbocycles. The van der Waals surface area contributed by atoms with Crippen LogP contribution in [0.4, 0.5) is 0 Å². The second-order valence-corrected chi connectivity index (χ2v) is 2.47. The monoisotopic (exact) mass is 110 g/mol. The molecule has 8 heavy (non-hydrogen) atoms. The lowest BCUT2D eigenvalue weighted by Crippen LogP contribution is -2.28. The van der Waals surface area contributed by atoms with Crippen molar-refractivity contribution >= 4 is 0 Å². The molecule has 1 heterocycles. The van der Waals surface area contributed by atoms with Gasteiger partial charge in [-0.1, -0.05) is 12.2 Å². The topological polar surface area (TPSA) is 24.1 Å². The molecule has 2 N–H and O–H groups in total. The minimum Gasteiger partial charge on any atom is -0.257 e. The summed E-state index contributed by atoms with van der Waals surface area (Å²) in [4.78, 5) is 0. The van der Waals surface area contributed by atoms with Crippen molar-refractivity contribution in [2.24, 2.45) is 5.92 Å². The summed E-state index contributed by atoms with van der Waals surface area (Å²) in [6.45, 7) is 1.14. The maximum absolute atomic E-state index is 3.18. The van der Waals surface area contributed by atoms with Crippen LogP contribution in [0.2, 0.25) is 0 Å². The third-order valence-electron chi connectivity index (χ3n) is 1.92. The highest BCUT2D eigenvalue weighted by atomic mass is 15.4. The van der Waals surface area contributed by atoms with E-state index < -0.39 is 0 Å². The van der Waals surface area contributed by atoms with Crippen molar-refractivity contribution in [3.63, 3.8) is 0 Å². The van der Waals surface area contributed by atoms with Crippen molar-refractivity contribution in [1.29, 1.82) is 0 Å². The third kappa shape index (κ3) is 0.501. The van der Waals surface area contributed by atoms with Gasteiger partial charge in [-0.15, -0.1) is 0 Å². The minimum absolute atomic E-state index is 0.634. The van der Waals surface area contributed by atoms with Gasteiger partial charge in [-0.2, -0.15) is 0 Å². The van der Waals surface area contributed by atoms with E-state index in [1.54, 1.807) is 0 Å². The van der Waals surface area contributed by atoms with E-state index in [0.29, 0.717) is 6.04 Å². The van der Waals surface area contributed by atoms with E-state index in [4.69, 9.17) is 0 Å². The maximum Gasteiger partial charge on any atom is 0.0436 e. The number of hydrogen-bond acceptors (Lipinski definition) is 2. The fourth-order valence-electron chi connectivity index (χ4n) is 1.39. The van der Waals surface area contributed by atoms with E-state index in [1.165, 1.54) is 6.42 Å². The summed E-state index contributed by atoms with van der Waals surface area (Å²) >= 11 is 0. The van der Waals surface area contributed by atoms with E-state index in [2.05, 4.69) is 23.0 Å². The Balaban J connectivity index is 2.13. The molecule has 0 spiro atoms. The van der Waals surface area contributed by atoms with Crippen molar-refractivity contribution in [3.05, 3.63) is 12.2 Å². The molecule has 0 radical (unpaired) electrons. The molecule has 0 aromatic rings. The van der Waals surface area contributed by atoms with Crippen LogP contribution >= 0.6 is 0 Å².